The lowest BCUT2D eigenvalue weighted by atomic mass is 10.0. The van der Waals surface area contributed by atoms with Crippen LogP contribution in [0, 0.1) is 0 Å². The van der Waals surface area contributed by atoms with Crippen molar-refractivity contribution in [2.24, 2.45) is 0 Å². The van der Waals surface area contributed by atoms with Crippen LogP contribution in [0.2, 0.25) is 0 Å². The molecule has 0 spiro atoms. The van der Waals surface area contributed by atoms with Crippen molar-refractivity contribution in [3.63, 3.8) is 0 Å². The fourth-order valence-electron chi connectivity index (χ4n) is 4.11. The van der Waals surface area contributed by atoms with Gasteiger partial charge in [0.25, 0.3) is 5.91 Å². The topological polar surface area (TPSA) is 84.4 Å². The molecule has 0 aliphatic carbocycles. The van der Waals surface area contributed by atoms with Crippen molar-refractivity contribution < 1.29 is 14.3 Å². The third-order valence-corrected chi connectivity index (χ3v) is 5.68. The molecule has 0 unspecified atom stereocenters. The second-order valence-electron chi connectivity index (χ2n) is 7.80. The Morgan fingerprint density at radius 2 is 2.00 bits per heavy atom. The largest absolute Gasteiger partial charge is 0.488 e. The summed E-state index contributed by atoms with van der Waals surface area (Å²) in [6, 6.07) is 13.2. The highest BCUT2D eigenvalue weighted by molar-refractivity contribution is 5.99. The molecular formula is C24H22N4O3. The number of nitrogens with zero attached hydrogens (tertiary/aromatic N) is 3. The number of fused-ring (bicyclic) bond motifs is 1. The molecule has 1 aromatic heterocycles. The highest BCUT2D eigenvalue weighted by Crippen LogP contribution is 2.32. The number of benzene rings is 2. The van der Waals surface area contributed by atoms with Gasteiger partial charge in [-0.05, 0) is 47.9 Å². The highest BCUT2D eigenvalue weighted by atomic mass is 16.5. The number of hydrogen-bond donors (Lipinski definition) is 1. The van der Waals surface area contributed by atoms with E-state index in [2.05, 4.69) is 21.4 Å². The molecule has 2 amide bonds. The van der Waals surface area contributed by atoms with Crippen LogP contribution in [0.25, 0.3) is 11.1 Å². The van der Waals surface area contributed by atoms with Gasteiger partial charge < -0.3 is 15.0 Å². The Balaban J connectivity index is 1.21. The molecule has 1 atom stereocenters. The van der Waals surface area contributed by atoms with Gasteiger partial charge in [-0.25, -0.2) is 9.97 Å². The number of nitrogens with one attached hydrogen (secondary N) is 1. The second-order valence-corrected chi connectivity index (χ2v) is 7.80. The lowest BCUT2D eigenvalue weighted by Gasteiger charge is -2.17. The van der Waals surface area contributed by atoms with Crippen LogP contribution in [0.4, 0.5) is 5.69 Å². The van der Waals surface area contributed by atoms with E-state index < -0.39 is 0 Å². The maximum atomic E-state index is 12.7. The minimum Gasteiger partial charge on any atom is -0.488 e. The molecule has 1 N–H and O–H groups in total. The van der Waals surface area contributed by atoms with Gasteiger partial charge in [0.2, 0.25) is 5.91 Å². The van der Waals surface area contributed by atoms with Crippen LogP contribution in [0.5, 0.6) is 5.75 Å². The number of ether oxygens (including phenoxy) is 1. The fraction of sp³-hybridized carbons (Fsp3) is 0.250. The lowest BCUT2D eigenvalue weighted by Crippen LogP contribution is -2.34. The molecule has 31 heavy (non-hydrogen) atoms. The van der Waals surface area contributed by atoms with Gasteiger partial charge >= 0.3 is 0 Å². The molecule has 1 fully saturated rings. The first-order valence-corrected chi connectivity index (χ1v) is 10.4. The van der Waals surface area contributed by atoms with E-state index in [4.69, 9.17) is 4.74 Å². The van der Waals surface area contributed by atoms with Gasteiger partial charge in [-0.3, -0.25) is 9.59 Å². The van der Waals surface area contributed by atoms with Gasteiger partial charge in [-0.2, -0.15) is 0 Å². The quantitative estimate of drug-likeness (QED) is 0.694. The van der Waals surface area contributed by atoms with E-state index in [1.165, 1.54) is 6.33 Å². The summed E-state index contributed by atoms with van der Waals surface area (Å²) in [7, 11) is 0. The van der Waals surface area contributed by atoms with Crippen molar-refractivity contribution >= 4 is 17.5 Å². The molecule has 5 rings (SSSR count). The lowest BCUT2D eigenvalue weighted by molar-refractivity contribution is -0.117. The number of anilines is 1. The van der Waals surface area contributed by atoms with Crippen LogP contribution < -0.4 is 15.0 Å². The molecule has 0 radical (unpaired) electrons. The molecule has 1 saturated heterocycles. The zero-order valence-electron chi connectivity index (χ0n) is 17.0. The van der Waals surface area contributed by atoms with Gasteiger partial charge in [0.1, 0.15) is 18.2 Å². The van der Waals surface area contributed by atoms with Gasteiger partial charge in [0.15, 0.2) is 0 Å². The van der Waals surface area contributed by atoms with E-state index in [9.17, 15) is 9.59 Å². The maximum absolute atomic E-state index is 12.7. The molecule has 156 valence electrons. The van der Waals surface area contributed by atoms with Crippen molar-refractivity contribution in [3.8, 4) is 16.9 Å². The first-order valence-electron chi connectivity index (χ1n) is 10.4. The van der Waals surface area contributed by atoms with Crippen LogP contribution in [0.1, 0.15) is 28.8 Å². The average molecular weight is 414 g/mol. The van der Waals surface area contributed by atoms with E-state index in [0.717, 1.165) is 41.0 Å². The summed E-state index contributed by atoms with van der Waals surface area (Å²) in [6.07, 6.45) is 7.10. The molecule has 2 aromatic carbocycles. The van der Waals surface area contributed by atoms with E-state index in [1.54, 1.807) is 29.4 Å². The van der Waals surface area contributed by atoms with E-state index in [-0.39, 0.29) is 17.9 Å². The van der Waals surface area contributed by atoms with Gasteiger partial charge in [0, 0.05) is 48.6 Å². The second kappa shape index (κ2) is 8.18. The number of rotatable bonds is 5. The first-order chi connectivity index (χ1) is 15.2. The zero-order chi connectivity index (χ0) is 21.2. The average Bonchev–Trinajstić information content (AvgIpc) is 3.43. The SMILES string of the molecule is O=C(NC[C@@H]1Cc2cc(-c3cncnc3)ccc2O1)c1cccc(N2CCCC2=O)c1. The highest BCUT2D eigenvalue weighted by Gasteiger charge is 2.25. The Hall–Kier alpha value is -3.74. The predicted molar refractivity (Wildman–Crippen MR) is 116 cm³/mol. The molecule has 7 heteroatoms. The minimum atomic E-state index is -0.171. The van der Waals surface area contributed by atoms with Crippen molar-refractivity contribution in [3.05, 3.63) is 72.3 Å². The molecule has 0 saturated carbocycles. The smallest absolute Gasteiger partial charge is 0.251 e. The van der Waals surface area contributed by atoms with E-state index in [0.29, 0.717) is 25.1 Å². The summed E-state index contributed by atoms with van der Waals surface area (Å²) in [6.45, 7) is 1.11. The summed E-state index contributed by atoms with van der Waals surface area (Å²) in [5.41, 5.74) is 4.42. The number of amides is 2. The van der Waals surface area contributed by atoms with Crippen molar-refractivity contribution in [1.82, 2.24) is 15.3 Å². The summed E-state index contributed by atoms with van der Waals surface area (Å²) in [5, 5.41) is 2.96. The molecule has 2 aliphatic heterocycles. The fourth-order valence-corrected chi connectivity index (χ4v) is 4.11. The Morgan fingerprint density at radius 1 is 1.13 bits per heavy atom. The standard InChI is InChI=1S/C24H22N4O3/c29-23-5-2-8-28(23)20-4-1-3-17(10-20)24(30)27-14-21-11-18-9-16(6-7-22(18)31-21)19-12-25-15-26-13-19/h1,3-4,6-7,9-10,12-13,15,21H,2,5,8,11,14H2,(H,27,30)/t21-/m0/s1. The van der Waals surface area contributed by atoms with Crippen molar-refractivity contribution in [2.45, 2.75) is 25.4 Å². The van der Waals surface area contributed by atoms with Crippen LogP contribution in [-0.4, -0.2) is 41.0 Å². The summed E-state index contributed by atoms with van der Waals surface area (Å²) in [4.78, 5) is 34.5. The Morgan fingerprint density at radius 3 is 2.81 bits per heavy atom. The molecule has 7 nitrogen and oxygen atoms in total. The summed E-state index contributed by atoms with van der Waals surface area (Å²) in [5.74, 6) is 0.778. The van der Waals surface area contributed by atoms with Gasteiger partial charge in [-0.1, -0.05) is 12.1 Å². The van der Waals surface area contributed by atoms with E-state index in [1.807, 2.05) is 24.3 Å². The third kappa shape index (κ3) is 3.99. The Kier molecular flexibility index (Phi) is 5.08. The third-order valence-electron chi connectivity index (χ3n) is 5.68. The van der Waals surface area contributed by atoms with Crippen LogP contribution in [0.15, 0.2) is 61.2 Å². The van der Waals surface area contributed by atoms with Crippen molar-refractivity contribution in [1.29, 1.82) is 0 Å². The number of aromatic nitrogens is 2. The molecule has 0 bridgehead atoms. The monoisotopic (exact) mass is 414 g/mol. The normalized spacial score (nSPS) is 17.4. The molecular weight excluding hydrogens is 392 g/mol. The molecule has 2 aliphatic rings. The Bertz CT molecular complexity index is 1130. The van der Waals surface area contributed by atoms with Crippen LogP contribution >= 0.6 is 0 Å². The van der Waals surface area contributed by atoms with Gasteiger partial charge in [-0.15, -0.1) is 0 Å². The summed E-state index contributed by atoms with van der Waals surface area (Å²) >= 11 is 0. The van der Waals surface area contributed by atoms with Crippen LogP contribution in [-0.2, 0) is 11.2 Å². The van der Waals surface area contributed by atoms with E-state index >= 15 is 0 Å². The number of carbonyl (C=O) groups is 2. The van der Waals surface area contributed by atoms with Crippen molar-refractivity contribution in [2.75, 3.05) is 18.0 Å². The predicted octanol–water partition coefficient (Wildman–Crippen LogP) is 3.00. The molecule has 3 heterocycles. The minimum absolute atomic E-state index is 0.108. The zero-order valence-corrected chi connectivity index (χ0v) is 17.0. The molecule has 3 aromatic rings. The van der Waals surface area contributed by atoms with Crippen LogP contribution in [0.3, 0.4) is 0 Å². The number of hydrogen-bond acceptors (Lipinski definition) is 5. The Labute approximate surface area is 180 Å². The van der Waals surface area contributed by atoms with Gasteiger partial charge in [0.05, 0.1) is 6.54 Å². The first kappa shape index (κ1) is 19.2. The summed E-state index contributed by atoms with van der Waals surface area (Å²) < 4.78 is 6.00. The number of carbonyl (C=O) groups excluding carboxylic acids is 2. The maximum Gasteiger partial charge on any atom is 0.251 e.